The standard InChI is InChI=1S/C22H19F2NO3/c1-2-27-19-10-6-7-11-20(19)28-14-21(26)25-22-17(12-16(23)13-18(22)24)15-8-4-3-5-9-15/h3-13H,2,14H2,1H3,(H,25,26). The number of carbonyl (C=O) groups excluding carboxylic acids is 1. The van der Waals surface area contributed by atoms with E-state index in [0.717, 1.165) is 6.07 Å². The van der Waals surface area contributed by atoms with Crippen molar-refractivity contribution in [3.8, 4) is 22.6 Å². The van der Waals surface area contributed by atoms with Crippen LogP contribution < -0.4 is 14.8 Å². The van der Waals surface area contributed by atoms with Gasteiger partial charge in [0, 0.05) is 11.6 Å². The molecule has 0 aliphatic rings. The topological polar surface area (TPSA) is 47.6 Å². The third-order valence-corrected chi connectivity index (χ3v) is 3.91. The van der Waals surface area contributed by atoms with Crippen LogP contribution in [0.5, 0.6) is 11.5 Å². The van der Waals surface area contributed by atoms with Gasteiger partial charge in [-0.3, -0.25) is 4.79 Å². The van der Waals surface area contributed by atoms with E-state index in [4.69, 9.17) is 9.47 Å². The Morgan fingerprint density at radius 2 is 1.57 bits per heavy atom. The van der Waals surface area contributed by atoms with E-state index in [1.54, 1.807) is 54.6 Å². The van der Waals surface area contributed by atoms with Gasteiger partial charge < -0.3 is 14.8 Å². The molecule has 0 aliphatic heterocycles. The lowest BCUT2D eigenvalue weighted by Crippen LogP contribution is -2.21. The van der Waals surface area contributed by atoms with Crippen LogP contribution in [0.1, 0.15) is 6.92 Å². The number of amides is 1. The quantitative estimate of drug-likeness (QED) is 0.621. The van der Waals surface area contributed by atoms with E-state index < -0.39 is 17.5 Å². The number of rotatable bonds is 7. The normalized spacial score (nSPS) is 10.4. The van der Waals surface area contributed by atoms with Gasteiger partial charge in [0.2, 0.25) is 0 Å². The number of anilines is 1. The third-order valence-electron chi connectivity index (χ3n) is 3.91. The molecule has 0 atom stereocenters. The van der Waals surface area contributed by atoms with Gasteiger partial charge in [0.1, 0.15) is 11.6 Å². The summed E-state index contributed by atoms with van der Waals surface area (Å²) in [5.74, 6) is -1.25. The molecule has 0 bridgehead atoms. The van der Waals surface area contributed by atoms with Crippen LogP contribution in [0, 0.1) is 11.6 Å². The molecule has 144 valence electrons. The Kier molecular flexibility index (Phi) is 6.22. The molecule has 0 radical (unpaired) electrons. The molecule has 3 aromatic rings. The first-order chi connectivity index (χ1) is 13.6. The van der Waals surface area contributed by atoms with Crippen LogP contribution >= 0.6 is 0 Å². The first-order valence-electron chi connectivity index (χ1n) is 8.77. The maximum Gasteiger partial charge on any atom is 0.262 e. The smallest absolute Gasteiger partial charge is 0.262 e. The van der Waals surface area contributed by atoms with E-state index in [1.165, 1.54) is 6.07 Å². The number of carbonyl (C=O) groups is 1. The molecule has 0 aliphatic carbocycles. The molecule has 0 fully saturated rings. The van der Waals surface area contributed by atoms with E-state index >= 15 is 0 Å². The van der Waals surface area contributed by atoms with Crippen molar-refractivity contribution in [1.29, 1.82) is 0 Å². The first-order valence-corrected chi connectivity index (χ1v) is 8.77. The molecule has 3 aromatic carbocycles. The van der Waals surface area contributed by atoms with Crippen molar-refractivity contribution in [2.24, 2.45) is 0 Å². The van der Waals surface area contributed by atoms with Crippen molar-refractivity contribution >= 4 is 11.6 Å². The summed E-state index contributed by atoms with van der Waals surface area (Å²) in [5, 5.41) is 2.48. The zero-order valence-electron chi connectivity index (χ0n) is 15.2. The summed E-state index contributed by atoms with van der Waals surface area (Å²) in [6.45, 7) is 1.94. The van der Waals surface area contributed by atoms with Crippen molar-refractivity contribution in [3.05, 3.63) is 78.4 Å². The highest BCUT2D eigenvalue weighted by Gasteiger charge is 2.16. The molecule has 28 heavy (non-hydrogen) atoms. The minimum absolute atomic E-state index is 0.0979. The summed E-state index contributed by atoms with van der Waals surface area (Å²) in [6, 6.07) is 17.6. The molecule has 0 heterocycles. The number of nitrogens with one attached hydrogen (secondary N) is 1. The Balaban J connectivity index is 1.78. The molecule has 0 unspecified atom stereocenters. The number of hydrogen-bond donors (Lipinski definition) is 1. The van der Waals surface area contributed by atoms with Crippen molar-refractivity contribution in [2.45, 2.75) is 6.92 Å². The monoisotopic (exact) mass is 383 g/mol. The van der Waals surface area contributed by atoms with Crippen LogP contribution in [0.2, 0.25) is 0 Å². The Morgan fingerprint density at radius 3 is 2.25 bits per heavy atom. The number of para-hydroxylation sites is 2. The predicted molar refractivity (Wildman–Crippen MR) is 104 cm³/mol. The molecule has 0 aromatic heterocycles. The number of halogens is 2. The highest BCUT2D eigenvalue weighted by atomic mass is 19.1. The van der Waals surface area contributed by atoms with Crippen LogP contribution in [-0.4, -0.2) is 19.1 Å². The number of hydrogen-bond acceptors (Lipinski definition) is 3. The lowest BCUT2D eigenvalue weighted by molar-refractivity contribution is -0.118. The number of ether oxygens (including phenoxy) is 2. The fourth-order valence-corrected chi connectivity index (χ4v) is 2.71. The Bertz CT molecular complexity index is 961. The zero-order valence-corrected chi connectivity index (χ0v) is 15.2. The summed E-state index contributed by atoms with van der Waals surface area (Å²) in [7, 11) is 0. The van der Waals surface area contributed by atoms with E-state index in [0.29, 0.717) is 23.7 Å². The fraction of sp³-hybridized carbons (Fsp3) is 0.136. The highest BCUT2D eigenvalue weighted by molar-refractivity contribution is 5.96. The van der Waals surface area contributed by atoms with Gasteiger partial charge in [-0.2, -0.15) is 0 Å². The second kappa shape index (κ2) is 8.99. The van der Waals surface area contributed by atoms with Crippen molar-refractivity contribution in [1.82, 2.24) is 0 Å². The van der Waals surface area contributed by atoms with Crippen molar-refractivity contribution in [2.75, 3.05) is 18.5 Å². The van der Waals surface area contributed by atoms with E-state index in [2.05, 4.69) is 5.32 Å². The molecule has 6 heteroatoms. The molecular weight excluding hydrogens is 364 g/mol. The lowest BCUT2D eigenvalue weighted by Gasteiger charge is -2.14. The second-order valence-corrected chi connectivity index (χ2v) is 5.89. The largest absolute Gasteiger partial charge is 0.490 e. The van der Waals surface area contributed by atoms with Gasteiger partial charge in [-0.15, -0.1) is 0 Å². The summed E-state index contributed by atoms with van der Waals surface area (Å²) >= 11 is 0. The average molecular weight is 383 g/mol. The second-order valence-electron chi connectivity index (χ2n) is 5.89. The van der Waals surface area contributed by atoms with Crippen LogP contribution in [0.3, 0.4) is 0 Å². The molecule has 3 rings (SSSR count). The SMILES string of the molecule is CCOc1ccccc1OCC(=O)Nc1c(F)cc(F)cc1-c1ccccc1. The Labute approximate surface area is 161 Å². The number of benzene rings is 3. The molecule has 4 nitrogen and oxygen atoms in total. The first kappa shape index (κ1) is 19.4. The average Bonchev–Trinajstić information content (AvgIpc) is 2.70. The van der Waals surface area contributed by atoms with Gasteiger partial charge in [0.15, 0.2) is 18.1 Å². The van der Waals surface area contributed by atoms with E-state index in [9.17, 15) is 13.6 Å². The predicted octanol–water partition coefficient (Wildman–Crippen LogP) is 5.05. The highest BCUT2D eigenvalue weighted by Crippen LogP contribution is 2.32. The summed E-state index contributed by atoms with van der Waals surface area (Å²) in [5.41, 5.74) is 0.735. The summed E-state index contributed by atoms with van der Waals surface area (Å²) in [6.07, 6.45) is 0. The Hall–Kier alpha value is -3.41. The zero-order chi connectivity index (χ0) is 19.9. The molecule has 0 saturated carbocycles. The molecule has 0 saturated heterocycles. The van der Waals surface area contributed by atoms with Gasteiger partial charge in [0.05, 0.1) is 12.3 Å². The van der Waals surface area contributed by atoms with Gasteiger partial charge in [0.25, 0.3) is 5.91 Å². The van der Waals surface area contributed by atoms with Gasteiger partial charge >= 0.3 is 0 Å². The maximum atomic E-state index is 14.4. The minimum Gasteiger partial charge on any atom is -0.490 e. The minimum atomic E-state index is -0.859. The molecule has 0 spiro atoms. The maximum absolute atomic E-state index is 14.4. The van der Waals surface area contributed by atoms with E-state index in [1.807, 2.05) is 6.92 Å². The third kappa shape index (κ3) is 4.65. The lowest BCUT2D eigenvalue weighted by atomic mass is 10.0. The fourth-order valence-electron chi connectivity index (χ4n) is 2.71. The van der Waals surface area contributed by atoms with E-state index in [-0.39, 0.29) is 17.9 Å². The molecule has 1 N–H and O–H groups in total. The summed E-state index contributed by atoms with van der Waals surface area (Å²) < 4.78 is 39.0. The summed E-state index contributed by atoms with van der Waals surface area (Å²) in [4.78, 5) is 12.3. The van der Waals surface area contributed by atoms with Gasteiger partial charge in [-0.1, -0.05) is 42.5 Å². The van der Waals surface area contributed by atoms with Crippen LogP contribution in [0.25, 0.3) is 11.1 Å². The van der Waals surface area contributed by atoms with Gasteiger partial charge in [-0.05, 0) is 30.7 Å². The van der Waals surface area contributed by atoms with Crippen LogP contribution in [0.4, 0.5) is 14.5 Å². The molecule has 1 amide bonds. The molecular formula is C22H19F2NO3. The van der Waals surface area contributed by atoms with Crippen LogP contribution in [0.15, 0.2) is 66.7 Å². The van der Waals surface area contributed by atoms with Crippen molar-refractivity contribution in [3.63, 3.8) is 0 Å². The Morgan fingerprint density at radius 1 is 0.929 bits per heavy atom. The van der Waals surface area contributed by atoms with Gasteiger partial charge in [-0.25, -0.2) is 8.78 Å². The van der Waals surface area contributed by atoms with Crippen LogP contribution in [-0.2, 0) is 4.79 Å². The van der Waals surface area contributed by atoms with Crippen molar-refractivity contribution < 1.29 is 23.0 Å².